The summed E-state index contributed by atoms with van der Waals surface area (Å²) in [4.78, 5) is 36.9. The number of benzene rings is 1. The number of nitrogens with one attached hydrogen (secondary N) is 2. The van der Waals surface area contributed by atoms with Crippen molar-refractivity contribution in [3.05, 3.63) is 29.8 Å². The normalized spacial score (nSPS) is 21.8. The second kappa shape index (κ2) is 4.96. The molecule has 2 N–H and O–H groups in total. The number of fused-ring (bicyclic) bond motifs is 1. The van der Waals surface area contributed by atoms with Crippen LogP contribution in [0.25, 0.3) is 0 Å². The molecule has 1 aromatic rings. The summed E-state index contributed by atoms with van der Waals surface area (Å²) in [6.07, 6.45) is 0.866. The Balaban J connectivity index is 1.82. The van der Waals surface area contributed by atoms with E-state index in [-0.39, 0.29) is 24.3 Å². The predicted octanol–water partition coefficient (Wildman–Crippen LogP) is 0.246. The van der Waals surface area contributed by atoms with Gasteiger partial charge in [-0.25, -0.2) is 0 Å². The molecule has 0 aromatic heterocycles. The molecule has 0 bridgehead atoms. The number of carbonyl (C=O) groups excluding carboxylic acids is 3. The molecule has 1 atom stereocenters. The van der Waals surface area contributed by atoms with E-state index in [0.29, 0.717) is 19.4 Å². The number of rotatable bonds is 1. The minimum atomic E-state index is -0.499. The number of hydrogen-bond donors (Lipinski definition) is 2. The van der Waals surface area contributed by atoms with E-state index in [0.717, 1.165) is 11.3 Å². The van der Waals surface area contributed by atoms with Crippen molar-refractivity contribution in [3.63, 3.8) is 0 Å². The van der Waals surface area contributed by atoms with Crippen molar-refractivity contribution in [2.45, 2.75) is 25.4 Å². The smallest absolute Gasteiger partial charge is 0.245 e. The molecule has 1 fully saturated rings. The third-order valence-electron chi connectivity index (χ3n) is 3.59. The maximum atomic E-state index is 12.4. The van der Waals surface area contributed by atoms with Crippen molar-refractivity contribution in [1.82, 2.24) is 10.2 Å². The zero-order chi connectivity index (χ0) is 14.1. The summed E-state index contributed by atoms with van der Waals surface area (Å²) < 4.78 is 0. The molecule has 6 heteroatoms. The summed E-state index contributed by atoms with van der Waals surface area (Å²) in [7, 11) is 0. The van der Waals surface area contributed by atoms with Crippen molar-refractivity contribution < 1.29 is 14.4 Å². The van der Waals surface area contributed by atoms with Gasteiger partial charge in [-0.3, -0.25) is 14.4 Å². The predicted molar refractivity (Wildman–Crippen MR) is 71.7 cm³/mol. The van der Waals surface area contributed by atoms with Crippen molar-refractivity contribution >= 4 is 23.4 Å². The Bertz CT molecular complexity index is 585. The van der Waals surface area contributed by atoms with E-state index < -0.39 is 6.04 Å². The molecule has 3 amide bonds. The molecule has 104 valence electrons. The molecule has 0 spiro atoms. The van der Waals surface area contributed by atoms with E-state index in [2.05, 4.69) is 10.6 Å². The molecule has 1 aromatic carbocycles. The van der Waals surface area contributed by atoms with Gasteiger partial charge in [-0.15, -0.1) is 0 Å². The number of hydrogen-bond acceptors (Lipinski definition) is 3. The lowest BCUT2D eigenvalue weighted by atomic mass is 10.1. The van der Waals surface area contributed by atoms with Crippen LogP contribution in [0, 0.1) is 0 Å². The first-order valence-electron chi connectivity index (χ1n) is 6.59. The van der Waals surface area contributed by atoms with Gasteiger partial charge in [0.05, 0.1) is 0 Å². The summed E-state index contributed by atoms with van der Waals surface area (Å²) in [6.45, 7) is 0.389. The standard InChI is InChI=1S/C14H15N3O3/c18-12-6-5-11(16-12)14(20)17-7-9-3-1-2-4-10(9)15-13(19)8-17/h1-4,11H,5-8H2,(H,15,19)(H,16,18)/t11-/m1/s1. The molecule has 6 nitrogen and oxygen atoms in total. The molecule has 2 heterocycles. The van der Waals surface area contributed by atoms with E-state index in [4.69, 9.17) is 0 Å². The lowest BCUT2D eigenvalue weighted by Gasteiger charge is -2.23. The van der Waals surface area contributed by atoms with E-state index >= 15 is 0 Å². The first-order chi connectivity index (χ1) is 9.63. The fourth-order valence-electron chi connectivity index (χ4n) is 2.58. The second-order valence-electron chi connectivity index (χ2n) is 5.06. The Hall–Kier alpha value is -2.37. The van der Waals surface area contributed by atoms with Crippen molar-refractivity contribution in [1.29, 1.82) is 0 Å². The zero-order valence-corrected chi connectivity index (χ0v) is 10.9. The van der Waals surface area contributed by atoms with Gasteiger partial charge >= 0.3 is 0 Å². The Morgan fingerprint density at radius 1 is 1.15 bits per heavy atom. The summed E-state index contributed by atoms with van der Waals surface area (Å²) in [5, 5.41) is 5.43. The molecular weight excluding hydrogens is 258 g/mol. The number of amides is 3. The molecular formula is C14H15N3O3. The van der Waals surface area contributed by atoms with Crippen LogP contribution in [0.4, 0.5) is 5.69 Å². The second-order valence-corrected chi connectivity index (χ2v) is 5.06. The average molecular weight is 273 g/mol. The minimum Gasteiger partial charge on any atom is -0.344 e. The highest BCUT2D eigenvalue weighted by molar-refractivity contribution is 5.98. The zero-order valence-electron chi connectivity index (χ0n) is 10.9. The van der Waals surface area contributed by atoms with Crippen LogP contribution < -0.4 is 10.6 Å². The largest absolute Gasteiger partial charge is 0.344 e. The molecule has 20 heavy (non-hydrogen) atoms. The van der Waals surface area contributed by atoms with Crippen LogP contribution >= 0.6 is 0 Å². The van der Waals surface area contributed by atoms with E-state index in [1.54, 1.807) is 0 Å². The molecule has 1 saturated heterocycles. The summed E-state index contributed by atoms with van der Waals surface area (Å²) in [5.74, 6) is -0.515. The van der Waals surface area contributed by atoms with Crippen LogP contribution in [0.2, 0.25) is 0 Å². The highest BCUT2D eigenvalue weighted by atomic mass is 16.2. The summed E-state index contributed by atoms with van der Waals surface area (Å²) in [5.41, 5.74) is 1.64. The highest BCUT2D eigenvalue weighted by Gasteiger charge is 2.32. The fourth-order valence-corrected chi connectivity index (χ4v) is 2.58. The van der Waals surface area contributed by atoms with Gasteiger partial charge in [0, 0.05) is 18.7 Å². The van der Waals surface area contributed by atoms with E-state index in [9.17, 15) is 14.4 Å². The van der Waals surface area contributed by atoms with Gasteiger partial charge in [0.2, 0.25) is 17.7 Å². The number of anilines is 1. The Kier molecular flexibility index (Phi) is 3.14. The molecule has 0 radical (unpaired) electrons. The summed E-state index contributed by atoms with van der Waals surface area (Å²) in [6, 6.07) is 6.91. The van der Waals surface area contributed by atoms with Crippen LogP contribution in [0.5, 0.6) is 0 Å². The third-order valence-corrected chi connectivity index (χ3v) is 3.59. The van der Waals surface area contributed by atoms with Gasteiger partial charge in [-0.1, -0.05) is 18.2 Å². The van der Waals surface area contributed by atoms with Gasteiger partial charge in [0.15, 0.2) is 0 Å². The van der Waals surface area contributed by atoms with Gasteiger partial charge in [0.1, 0.15) is 12.6 Å². The van der Waals surface area contributed by atoms with Crippen LogP contribution in [-0.2, 0) is 20.9 Å². The first kappa shape index (κ1) is 12.7. The lowest BCUT2D eigenvalue weighted by Crippen LogP contribution is -2.45. The fraction of sp³-hybridized carbons (Fsp3) is 0.357. The highest BCUT2D eigenvalue weighted by Crippen LogP contribution is 2.21. The first-order valence-corrected chi connectivity index (χ1v) is 6.59. The number of nitrogens with zero attached hydrogens (tertiary/aromatic N) is 1. The van der Waals surface area contributed by atoms with Crippen LogP contribution in [0.1, 0.15) is 18.4 Å². The van der Waals surface area contributed by atoms with Gasteiger partial charge < -0.3 is 15.5 Å². The summed E-state index contributed by atoms with van der Waals surface area (Å²) >= 11 is 0. The maximum absolute atomic E-state index is 12.4. The molecule has 2 aliphatic heterocycles. The van der Waals surface area contributed by atoms with E-state index in [1.165, 1.54) is 4.90 Å². The molecule has 2 aliphatic rings. The van der Waals surface area contributed by atoms with Gasteiger partial charge in [-0.2, -0.15) is 0 Å². The van der Waals surface area contributed by atoms with Crippen LogP contribution in [0.15, 0.2) is 24.3 Å². The monoisotopic (exact) mass is 273 g/mol. The van der Waals surface area contributed by atoms with Crippen LogP contribution in [0.3, 0.4) is 0 Å². The average Bonchev–Trinajstić information content (AvgIpc) is 2.77. The minimum absolute atomic E-state index is 0.0138. The SMILES string of the molecule is O=C1CN(C(=O)[C@H]2CCC(=O)N2)Cc2ccccc2N1. The van der Waals surface area contributed by atoms with Crippen LogP contribution in [-0.4, -0.2) is 35.2 Å². The van der Waals surface area contributed by atoms with Crippen molar-refractivity contribution in [2.24, 2.45) is 0 Å². The molecule has 0 aliphatic carbocycles. The van der Waals surface area contributed by atoms with E-state index in [1.807, 2.05) is 24.3 Å². The maximum Gasteiger partial charge on any atom is 0.245 e. The number of carbonyl (C=O) groups is 3. The molecule has 0 saturated carbocycles. The molecule has 0 unspecified atom stereocenters. The van der Waals surface area contributed by atoms with Gasteiger partial charge in [0.25, 0.3) is 0 Å². The Labute approximate surface area is 116 Å². The van der Waals surface area contributed by atoms with Gasteiger partial charge in [-0.05, 0) is 18.1 Å². The molecule has 3 rings (SSSR count). The topological polar surface area (TPSA) is 78.5 Å². The lowest BCUT2D eigenvalue weighted by molar-refractivity contribution is -0.137. The third kappa shape index (κ3) is 2.36. The Morgan fingerprint density at radius 2 is 1.95 bits per heavy atom. The number of para-hydroxylation sites is 1. The van der Waals surface area contributed by atoms with Crippen molar-refractivity contribution in [2.75, 3.05) is 11.9 Å². The Morgan fingerprint density at radius 3 is 2.70 bits per heavy atom. The van der Waals surface area contributed by atoms with Crippen molar-refractivity contribution in [3.8, 4) is 0 Å². The quantitative estimate of drug-likeness (QED) is 0.769.